The maximum Gasteiger partial charge on any atom is 0.291 e. The van der Waals surface area contributed by atoms with Crippen molar-refractivity contribution in [3.8, 4) is 5.75 Å². The highest BCUT2D eigenvalue weighted by molar-refractivity contribution is 9.11. The lowest BCUT2D eigenvalue weighted by atomic mass is 10.1. The maximum atomic E-state index is 12.5. The van der Waals surface area contributed by atoms with Crippen LogP contribution in [-0.4, -0.2) is 10.8 Å². The summed E-state index contributed by atoms with van der Waals surface area (Å²) in [5.74, 6) is 0.832. The van der Waals surface area contributed by atoms with Crippen LogP contribution in [-0.2, 0) is 6.61 Å². The fourth-order valence-corrected chi connectivity index (χ4v) is 4.07. The predicted octanol–water partition coefficient (Wildman–Crippen LogP) is 6.16. The van der Waals surface area contributed by atoms with E-state index in [0.717, 1.165) is 16.9 Å². The van der Waals surface area contributed by atoms with Gasteiger partial charge >= 0.3 is 0 Å². The average Bonchev–Trinajstić information content (AvgIpc) is 3.11. The van der Waals surface area contributed by atoms with Crippen LogP contribution in [0.1, 0.15) is 27.4 Å². The van der Waals surface area contributed by atoms with Gasteiger partial charge in [0.25, 0.3) is 11.6 Å². The first-order valence-corrected chi connectivity index (χ1v) is 10.1. The van der Waals surface area contributed by atoms with Crippen molar-refractivity contribution in [2.24, 2.45) is 0 Å². The zero-order chi connectivity index (χ0) is 21.1. The highest BCUT2D eigenvalue weighted by Gasteiger charge is 2.18. The molecule has 3 rings (SSSR count). The molecule has 0 radical (unpaired) electrons. The Hall–Kier alpha value is -2.65. The Morgan fingerprint density at radius 1 is 1.10 bits per heavy atom. The number of nitrogens with zero attached hydrogens (tertiary/aromatic N) is 1. The monoisotopic (exact) mass is 522 g/mol. The molecule has 0 fully saturated rings. The van der Waals surface area contributed by atoms with Crippen molar-refractivity contribution >= 4 is 49.1 Å². The van der Waals surface area contributed by atoms with Gasteiger partial charge in [-0.3, -0.25) is 14.9 Å². The first-order chi connectivity index (χ1) is 13.7. The lowest BCUT2D eigenvalue weighted by Gasteiger charge is -2.09. The topological polar surface area (TPSA) is 94.6 Å². The smallest absolute Gasteiger partial charge is 0.291 e. The van der Waals surface area contributed by atoms with Gasteiger partial charge in [0.05, 0.1) is 10.6 Å². The van der Waals surface area contributed by atoms with Gasteiger partial charge in [-0.2, -0.15) is 0 Å². The number of aryl methyl sites for hydroxylation is 2. The van der Waals surface area contributed by atoms with Crippen molar-refractivity contribution in [1.82, 2.24) is 0 Å². The average molecular weight is 524 g/mol. The molecule has 0 atom stereocenters. The summed E-state index contributed by atoms with van der Waals surface area (Å²) in [4.78, 5) is 22.9. The van der Waals surface area contributed by atoms with Gasteiger partial charge in [-0.15, -0.1) is 0 Å². The number of anilines is 1. The number of nitrogens with one attached hydrogen (secondary N) is 1. The van der Waals surface area contributed by atoms with Crippen molar-refractivity contribution in [2.75, 3.05) is 5.32 Å². The van der Waals surface area contributed by atoms with Crippen molar-refractivity contribution in [2.45, 2.75) is 20.5 Å². The molecular weight excluding hydrogens is 508 g/mol. The molecule has 1 N–H and O–H groups in total. The molecule has 0 saturated heterocycles. The number of nitro groups is 1. The van der Waals surface area contributed by atoms with E-state index in [9.17, 15) is 14.9 Å². The molecule has 1 amide bonds. The molecular formula is C20H16Br2N2O5. The Labute approximate surface area is 183 Å². The quantitative estimate of drug-likeness (QED) is 0.308. The van der Waals surface area contributed by atoms with E-state index in [2.05, 4.69) is 43.2 Å². The maximum absolute atomic E-state index is 12.5. The van der Waals surface area contributed by atoms with Crippen molar-refractivity contribution in [3.63, 3.8) is 0 Å². The van der Waals surface area contributed by atoms with Gasteiger partial charge in [0.15, 0.2) is 5.76 Å². The van der Waals surface area contributed by atoms with Gasteiger partial charge in [0.2, 0.25) is 0 Å². The largest absolute Gasteiger partial charge is 0.486 e. The molecule has 9 heteroatoms. The fraction of sp³-hybridized carbons (Fsp3) is 0.150. The first-order valence-electron chi connectivity index (χ1n) is 8.47. The van der Waals surface area contributed by atoms with Crippen molar-refractivity contribution in [1.29, 1.82) is 0 Å². The predicted molar refractivity (Wildman–Crippen MR) is 115 cm³/mol. The summed E-state index contributed by atoms with van der Waals surface area (Å²) in [5.41, 5.74) is 2.45. The van der Waals surface area contributed by atoms with Gasteiger partial charge < -0.3 is 14.5 Å². The Morgan fingerprint density at radius 3 is 2.31 bits per heavy atom. The standard InChI is InChI=1S/C20H16Br2N2O5/c1-11-5-12(2)7-15(6-11)28-10-14-3-4-18(29-14)20(25)23-19-16(21)8-13(24(26)27)9-17(19)22/h3-9H,10H2,1-2H3,(H,23,25). The molecule has 29 heavy (non-hydrogen) atoms. The highest BCUT2D eigenvalue weighted by atomic mass is 79.9. The normalized spacial score (nSPS) is 10.6. The van der Waals surface area contributed by atoms with E-state index in [1.54, 1.807) is 12.1 Å². The SMILES string of the molecule is Cc1cc(C)cc(OCc2ccc(C(=O)Nc3c(Br)cc([N+](=O)[O-])cc3Br)o2)c1. The number of ether oxygens (including phenoxy) is 1. The van der Waals surface area contributed by atoms with Crippen LogP contribution < -0.4 is 10.1 Å². The Bertz CT molecular complexity index is 1050. The van der Waals surface area contributed by atoms with Gasteiger partial charge in [-0.05, 0) is 81.1 Å². The Kier molecular flexibility index (Phi) is 6.39. The summed E-state index contributed by atoms with van der Waals surface area (Å²) in [6, 6.07) is 11.7. The molecule has 1 heterocycles. The fourth-order valence-electron chi connectivity index (χ4n) is 2.71. The van der Waals surface area contributed by atoms with E-state index < -0.39 is 10.8 Å². The number of rotatable bonds is 6. The van der Waals surface area contributed by atoms with Crippen LogP contribution in [0, 0.1) is 24.0 Å². The molecule has 0 aliphatic heterocycles. The lowest BCUT2D eigenvalue weighted by molar-refractivity contribution is -0.385. The van der Waals surface area contributed by atoms with E-state index in [0.29, 0.717) is 20.4 Å². The zero-order valence-electron chi connectivity index (χ0n) is 15.5. The molecule has 1 aromatic heterocycles. The van der Waals surface area contributed by atoms with Gasteiger partial charge in [0, 0.05) is 21.1 Å². The number of nitro benzene ring substituents is 1. The number of carbonyl (C=O) groups is 1. The van der Waals surface area contributed by atoms with Crippen molar-refractivity contribution < 1.29 is 18.9 Å². The number of hydrogen-bond donors (Lipinski definition) is 1. The van der Waals surface area contributed by atoms with E-state index in [-0.39, 0.29) is 18.1 Å². The molecule has 150 valence electrons. The molecule has 0 saturated carbocycles. The Morgan fingerprint density at radius 2 is 1.72 bits per heavy atom. The number of hydrogen-bond acceptors (Lipinski definition) is 5. The summed E-state index contributed by atoms with van der Waals surface area (Å²) >= 11 is 6.47. The molecule has 7 nitrogen and oxygen atoms in total. The molecule has 2 aromatic carbocycles. The molecule has 0 spiro atoms. The number of halogens is 2. The van der Waals surface area contributed by atoms with Gasteiger partial charge in [-0.25, -0.2) is 0 Å². The molecule has 0 aliphatic rings. The highest BCUT2D eigenvalue weighted by Crippen LogP contribution is 2.35. The second kappa shape index (κ2) is 8.79. The Balaban J connectivity index is 1.69. The second-order valence-corrected chi connectivity index (χ2v) is 8.08. The van der Waals surface area contributed by atoms with Gasteiger partial charge in [-0.1, -0.05) is 6.07 Å². The minimum absolute atomic E-state index is 0.0983. The molecule has 0 aliphatic carbocycles. The van der Waals surface area contributed by atoms with Crippen molar-refractivity contribution in [3.05, 3.63) is 84.2 Å². The van der Waals surface area contributed by atoms with E-state index in [1.807, 2.05) is 26.0 Å². The minimum Gasteiger partial charge on any atom is -0.486 e. The third-order valence-corrected chi connectivity index (χ3v) is 5.19. The summed E-state index contributed by atoms with van der Waals surface area (Å²) in [6.07, 6.45) is 0. The van der Waals surface area contributed by atoms with E-state index in [1.165, 1.54) is 12.1 Å². The van der Waals surface area contributed by atoms with Crippen LogP contribution in [0.15, 0.2) is 55.8 Å². The zero-order valence-corrected chi connectivity index (χ0v) is 18.7. The lowest BCUT2D eigenvalue weighted by Crippen LogP contribution is -2.12. The number of benzene rings is 2. The summed E-state index contributed by atoms with van der Waals surface area (Å²) in [5, 5.41) is 13.6. The van der Waals surface area contributed by atoms with Crippen LogP contribution in [0.25, 0.3) is 0 Å². The second-order valence-electron chi connectivity index (χ2n) is 6.37. The molecule has 0 unspecified atom stereocenters. The number of carbonyl (C=O) groups excluding carboxylic acids is 1. The van der Waals surface area contributed by atoms with E-state index in [4.69, 9.17) is 9.15 Å². The summed E-state index contributed by atoms with van der Waals surface area (Å²) < 4.78 is 12.0. The van der Waals surface area contributed by atoms with Crippen LogP contribution >= 0.6 is 31.9 Å². The third-order valence-electron chi connectivity index (χ3n) is 3.94. The van der Waals surface area contributed by atoms with Crippen LogP contribution in [0.3, 0.4) is 0 Å². The van der Waals surface area contributed by atoms with Crippen LogP contribution in [0.2, 0.25) is 0 Å². The van der Waals surface area contributed by atoms with Crippen LogP contribution in [0.5, 0.6) is 5.75 Å². The van der Waals surface area contributed by atoms with Crippen LogP contribution in [0.4, 0.5) is 11.4 Å². The third kappa shape index (κ3) is 5.24. The minimum atomic E-state index is -0.518. The number of furan rings is 1. The molecule has 3 aromatic rings. The van der Waals surface area contributed by atoms with E-state index >= 15 is 0 Å². The number of non-ortho nitro benzene ring substituents is 1. The molecule has 0 bridgehead atoms. The van der Waals surface area contributed by atoms with Gasteiger partial charge in [0.1, 0.15) is 18.1 Å². The summed E-state index contributed by atoms with van der Waals surface area (Å²) in [7, 11) is 0. The first kappa shape index (κ1) is 21.1. The summed E-state index contributed by atoms with van der Waals surface area (Å²) in [6.45, 7) is 4.16. The number of amides is 1.